The number of nitrogens with zero attached hydrogens (tertiary/aromatic N) is 3. The predicted octanol–water partition coefficient (Wildman–Crippen LogP) is 2.16. The van der Waals surface area contributed by atoms with Gasteiger partial charge in [0.25, 0.3) is 21.3 Å². The molecule has 0 fully saturated rings. The van der Waals surface area contributed by atoms with Gasteiger partial charge in [-0.2, -0.15) is 5.10 Å². The standard InChI is InChI=1S/C17H14N4O5S/c1-20-17(22)11-10-16(18-20)12-2-4-13(5-3-12)19-27(25,26)15-8-6-14(7-9-15)21(23)24/h2-11,19H,1H3. The summed E-state index contributed by atoms with van der Waals surface area (Å²) in [6.07, 6.45) is 0. The summed E-state index contributed by atoms with van der Waals surface area (Å²) in [6, 6.07) is 14.0. The molecule has 0 saturated carbocycles. The van der Waals surface area contributed by atoms with Crippen LogP contribution < -0.4 is 10.3 Å². The lowest BCUT2D eigenvalue weighted by atomic mass is 10.1. The number of hydrogen-bond donors (Lipinski definition) is 1. The van der Waals surface area contributed by atoms with Crippen molar-refractivity contribution in [2.45, 2.75) is 4.90 Å². The zero-order valence-electron chi connectivity index (χ0n) is 14.1. The molecular weight excluding hydrogens is 372 g/mol. The van der Waals surface area contributed by atoms with Gasteiger partial charge in [-0.15, -0.1) is 0 Å². The summed E-state index contributed by atoms with van der Waals surface area (Å²) in [6.45, 7) is 0. The van der Waals surface area contributed by atoms with Crippen molar-refractivity contribution in [3.63, 3.8) is 0 Å². The number of benzene rings is 2. The highest BCUT2D eigenvalue weighted by molar-refractivity contribution is 7.92. The van der Waals surface area contributed by atoms with Gasteiger partial charge in [-0.3, -0.25) is 19.6 Å². The number of non-ortho nitro benzene ring substituents is 1. The largest absolute Gasteiger partial charge is 0.280 e. The van der Waals surface area contributed by atoms with Gasteiger partial charge in [0.2, 0.25) is 0 Å². The SMILES string of the molecule is Cn1nc(-c2ccc(NS(=O)(=O)c3ccc([N+](=O)[O-])cc3)cc2)ccc1=O. The Morgan fingerprint density at radius 2 is 1.63 bits per heavy atom. The third-order valence-electron chi connectivity index (χ3n) is 3.75. The van der Waals surface area contributed by atoms with Crippen molar-refractivity contribution in [1.29, 1.82) is 0 Å². The zero-order valence-corrected chi connectivity index (χ0v) is 14.9. The van der Waals surface area contributed by atoms with Crippen molar-refractivity contribution in [3.8, 4) is 11.3 Å². The molecule has 0 atom stereocenters. The van der Waals surface area contributed by atoms with Crippen LogP contribution in [0.2, 0.25) is 0 Å². The Morgan fingerprint density at radius 1 is 1.00 bits per heavy atom. The van der Waals surface area contributed by atoms with E-state index in [-0.39, 0.29) is 16.1 Å². The highest BCUT2D eigenvalue weighted by Crippen LogP contribution is 2.22. The smallest absolute Gasteiger partial charge is 0.269 e. The molecule has 9 nitrogen and oxygen atoms in total. The van der Waals surface area contributed by atoms with Crippen LogP contribution in [0.15, 0.2) is 70.4 Å². The average molecular weight is 386 g/mol. The third-order valence-corrected chi connectivity index (χ3v) is 5.15. The number of aryl methyl sites for hydroxylation is 1. The van der Waals surface area contributed by atoms with E-state index < -0.39 is 14.9 Å². The molecule has 1 aromatic heterocycles. The van der Waals surface area contributed by atoms with E-state index in [4.69, 9.17) is 0 Å². The van der Waals surface area contributed by atoms with Crippen LogP contribution in [-0.2, 0) is 17.1 Å². The highest BCUT2D eigenvalue weighted by atomic mass is 32.2. The minimum absolute atomic E-state index is 0.0862. The van der Waals surface area contributed by atoms with Gasteiger partial charge in [0.05, 0.1) is 15.5 Å². The molecule has 2 aromatic carbocycles. The van der Waals surface area contributed by atoms with Crippen molar-refractivity contribution in [2.75, 3.05) is 4.72 Å². The lowest BCUT2D eigenvalue weighted by Crippen LogP contribution is -2.18. The molecule has 0 aliphatic heterocycles. The number of aromatic nitrogens is 2. The van der Waals surface area contributed by atoms with Gasteiger partial charge in [0.15, 0.2) is 0 Å². The maximum atomic E-state index is 12.4. The molecule has 1 N–H and O–H groups in total. The summed E-state index contributed by atoms with van der Waals surface area (Å²) in [5, 5.41) is 14.8. The fourth-order valence-corrected chi connectivity index (χ4v) is 3.39. The maximum Gasteiger partial charge on any atom is 0.269 e. The van der Waals surface area contributed by atoms with E-state index in [0.717, 1.165) is 12.1 Å². The number of nitro benzene ring substituents is 1. The van der Waals surface area contributed by atoms with Crippen molar-refractivity contribution in [2.24, 2.45) is 7.05 Å². The molecule has 0 amide bonds. The topological polar surface area (TPSA) is 124 Å². The van der Waals surface area contributed by atoms with E-state index in [1.807, 2.05) is 0 Å². The molecule has 27 heavy (non-hydrogen) atoms. The van der Waals surface area contributed by atoms with Crippen LogP contribution in [0, 0.1) is 10.1 Å². The molecule has 3 rings (SSSR count). The first-order valence-corrected chi connectivity index (χ1v) is 9.17. The molecule has 10 heteroatoms. The van der Waals surface area contributed by atoms with Gasteiger partial charge >= 0.3 is 0 Å². The van der Waals surface area contributed by atoms with Gasteiger partial charge in [0, 0.05) is 36.5 Å². The summed E-state index contributed by atoms with van der Waals surface area (Å²) in [5.41, 5.74) is 1.18. The highest BCUT2D eigenvalue weighted by Gasteiger charge is 2.16. The van der Waals surface area contributed by atoms with Gasteiger partial charge in [-0.05, 0) is 30.3 Å². The Labute approximate surface area is 154 Å². The molecule has 0 saturated heterocycles. The summed E-state index contributed by atoms with van der Waals surface area (Å²) in [4.78, 5) is 21.4. The summed E-state index contributed by atoms with van der Waals surface area (Å²) in [5.74, 6) is 0. The lowest BCUT2D eigenvalue weighted by Gasteiger charge is -2.09. The number of nitrogens with one attached hydrogen (secondary N) is 1. The minimum atomic E-state index is -3.88. The Balaban J connectivity index is 1.81. The van der Waals surface area contributed by atoms with E-state index in [1.165, 1.54) is 22.9 Å². The average Bonchev–Trinajstić information content (AvgIpc) is 2.64. The first kappa shape index (κ1) is 18.3. The zero-order chi connectivity index (χ0) is 19.6. The van der Waals surface area contributed by atoms with E-state index in [1.54, 1.807) is 37.4 Å². The van der Waals surface area contributed by atoms with Crippen molar-refractivity contribution in [3.05, 3.63) is 81.1 Å². The Hall–Kier alpha value is -3.53. The van der Waals surface area contributed by atoms with Gasteiger partial charge in [-0.25, -0.2) is 13.1 Å². The fourth-order valence-electron chi connectivity index (χ4n) is 2.33. The number of anilines is 1. The van der Waals surface area contributed by atoms with Crippen molar-refractivity contribution < 1.29 is 13.3 Å². The van der Waals surface area contributed by atoms with Gasteiger partial charge in [0.1, 0.15) is 0 Å². The van der Waals surface area contributed by atoms with Crippen LogP contribution in [0.1, 0.15) is 0 Å². The minimum Gasteiger partial charge on any atom is -0.280 e. The first-order valence-electron chi connectivity index (χ1n) is 7.68. The van der Waals surface area contributed by atoms with E-state index in [9.17, 15) is 23.3 Å². The Kier molecular flexibility index (Phi) is 4.74. The van der Waals surface area contributed by atoms with E-state index in [2.05, 4.69) is 9.82 Å². The molecule has 0 radical (unpaired) electrons. The molecular formula is C17H14N4O5S. The van der Waals surface area contributed by atoms with Gasteiger partial charge in [-0.1, -0.05) is 12.1 Å². The Morgan fingerprint density at radius 3 is 2.19 bits per heavy atom. The molecule has 0 unspecified atom stereocenters. The molecule has 0 spiro atoms. The second kappa shape index (κ2) is 7.00. The second-order valence-corrected chi connectivity index (χ2v) is 7.30. The third kappa shape index (κ3) is 4.01. The second-order valence-electron chi connectivity index (χ2n) is 5.61. The maximum absolute atomic E-state index is 12.4. The Bertz CT molecular complexity index is 1150. The van der Waals surface area contributed by atoms with E-state index in [0.29, 0.717) is 16.9 Å². The van der Waals surface area contributed by atoms with Crippen molar-refractivity contribution in [1.82, 2.24) is 9.78 Å². The number of sulfonamides is 1. The van der Waals surface area contributed by atoms with Crippen LogP contribution in [0.3, 0.4) is 0 Å². The van der Waals surface area contributed by atoms with Crippen molar-refractivity contribution >= 4 is 21.4 Å². The molecule has 138 valence electrons. The molecule has 0 aliphatic carbocycles. The molecule has 0 bridgehead atoms. The first-order chi connectivity index (χ1) is 12.8. The molecule has 1 heterocycles. The summed E-state index contributed by atoms with van der Waals surface area (Å²) in [7, 11) is -2.34. The van der Waals surface area contributed by atoms with Gasteiger partial charge < -0.3 is 0 Å². The quantitative estimate of drug-likeness (QED) is 0.529. The fraction of sp³-hybridized carbons (Fsp3) is 0.0588. The monoisotopic (exact) mass is 386 g/mol. The van der Waals surface area contributed by atoms with Crippen LogP contribution in [-0.4, -0.2) is 23.1 Å². The number of nitro groups is 1. The molecule has 3 aromatic rings. The van der Waals surface area contributed by atoms with Crippen LogP contribution in [0.5, 0.6) is 0 Å². The van der Waals surface area contributed by atoms with E-state index >= 15 is 0 Å². The van der Waals surface area contributed by atoms with Crippen LogP contribution in [0.4, 0.5) is 11.4 Å². The lowest BCUT2D eigenvalue weighted by molar-refractivity contribution is -0.384. The van der Waals surface area contributed by atoms with Crippen LogP contribution in [0.25, 0.3) is 11.3 Å². The molecule has 0 aliphatic rings. The normalized spacial score (nSPS) is 11.1. The summed E-state index contributed by atoms with van der Waals surface area (Å²) < 4.78 is 28.4. The number of hydrogen-bond acceptors (Lipinski definition) is 6. The number of rotatable bonds is 5. The predicted molar refractivity (Wildman–Crippen MR) is 98.8 cm³/mol. The summed E-state index contributed by atoms with van der Waals surface area (Å²) >= 11 is 0. The van der Waals surface area contributed by atoms with Crippen LogP contribution >= 0.6 is 0 Å².